The van der Waals surface area contributed by atoms with E-state index in [1.54, 1.807) is 26.0 Å². The Morgan fingerprint density at radius 2 is 1.91 bits per heavy atom. The monoisotopic (exact) mass is 299 g/mol. The van der Waals surface area contributed by atoms with Gasteiger partial charge in [0.1, 0.15) is 5.75 Å². The number of aromatic nitrogens is 1. The molecule has 0 aliphatic carbocycles. The topological polar surface area (TPSA) is 76.5 Å². The number of aromatic hydroxyl groups is 1. The third-order valence-corrected chi connectivity index (χ3v) is 3.24. The zero-order valence-corrected chi connectivity index (χ0v) is 12.7. The summed E-state index contributed by atoms with van der Waals surface area (Å²) < 4.78 is 4.95. The quantitative estimate of drug-likeness (QED) is 0.694. The predicted molar refractivity (Wildman–Crippen MR) is 81.2 cm³/mol. The molecule has 0 spiro atoms. The molecule has 0 unspecified atom stereocenters. The van der Waals surface area contributed by atoms with Crippen molar-refractivity contribution in [1.82, 2.24) is 4.98 Å². The molecule has 0 saturated heterocycles. The molecule has 114 valence electrons. The number of carbonyl (C=O) groups is 2. The van der Waals surface area contributed by atoms with Gasteiger partial charge >= 0.3 is 5.97 Å². The number of aryl methyl sites for hydroxylation is 2. The van der Waals surface area contributed by atoms with Crippen LogP contribution < -0.4 is 0 Å². The lowest BCUT2D eigenvalue weighted by Crippen LogP contribution is -2.11. The number of pyridine rings is 1. The number of hydrogen-bond acceptors (Lipinski definition) is 5. The second-order valence-electron chi connectivity index (χ2n) is 4.93. The van der Waals surface area contributed by atoms with E-state index in [0.717, 1.165) is 5.56 Å². The van der Waals surface area contributed by atoms with Crippen LogP contribution in [0.4, 0.5) is 0 Å². The lowest BCUT2D eigenvalue weighted by atomic mass is 10.00. The second kappa shape index (κ2) is 6.39. The highest BCUT2D eigenvalue weighted by Gasteiger charge is 2.18. The average molecular weight is 299 g/mol. The minimum atomic E-state index is -0.518. The average Bonchev–Trinajstić information content (AvgIpc) is 2.49. The van der Waals surface area contributed by atoms with Gasteiger partial charge in [-0.25, -0.2) is 4.79 Å². The molecule has 1 aromatic heterocycles. The normalized spacial score (nSPS) is 10.3. The molecule has 0 fully saturated rings. The van der Waals surface area contributed by atoms with Gasteiger partial charge in [-0.2, -0.15) is 0 Å². The molecule has 5 heteroatoms. The maximum Gasteiger partial charge on any atom is 0.339 e. The number of ether oxygens (including phenoxy) is 1. The van der Waals surface area contributed by atoms with Crippen LogP contribution in [0.5, 0.6) is 5.75 Å². The summed E-state index contributed by atoms with van der Waals surface area (Å²) in [6.45, 7) is 5.45. The number of phenolic OH excluding ortho intramolecular Hbond substituents is 1. The van der Waals surface area contributed by atoms with Gasteiger partial charge in [-0.15, -0.1) is 0 Å². The van der Waals surface area contributed by atoms with Gasteiger partial charge in [-0.1, -0.05) is 11.6 Å². The fraction of sp³-hybridized carbons (Fsp3) is 0.235. The van der Waals surface area contributed by atoms with E-state index in [1.165, 1.54) is 18.3 Å². The third-order valence-electron chi connectivity index (χ3n) is 3.24. The van der Waals surface area contributed by atoms with E-state index in [-0.39, 0.29) is 34.8 Å². The lowest BCUT2D eigenvalue weighted by molar-refractivity contribution is 0.0525. The highest BCUT2D eigenvalue weighted by atomic mass is 16.5. The molecule has 0 atom stereocenters. The first-order valence-electron chi connectivity index (χ1n) is 6.92. The lowest BCUT2D eigenvalue weighted by Gasteiger charge is -2.08. The van der Waals surface area contributed by atoms with Crippen molar-refractivity contribution in [3.63, 3.8) is 0 Å². The van der Waals surface area contributed by atoms with E-state index < -0.39 is 5.97 Å². The number of benzene rings is 1. The Morgan fingerprint density at radius 3 is 2.59 bits per heavy atom. The number of hydrogen-bond donors (Lipinski definition) is 1. The van der Waals surface area contributed by atoms with Gasteiger partial charge in [0.25, 0.3) is 0 Å². The van der Waals surface area contributed by atoms with Crippen LogP contribution in [0.25, 0.3) is 0 Å². The number of nitrogens with zero attached hydrogens (tertiary/aromatic N) is 1. The summed E-state index contributed by atoms with van der Waals surface area (Å²) in [5.74, 6) is -1.01. The van der Waals surface area contributed by atoms with Gasteiger partial charge in [-0.3, -0.25) is 9.78 Å². The van der Waals surface area contributed by atoms with Crippen LogP contribution in [0.1, 0.15) is 44.5 Å². The summed E-state index contributed by atoms with van der Waals surface area (Å²) in [5.41, 5.74) is 2.00. The molecule has 1 N–H and O–H groups in total. The fourth-order valence-electron chi connectivity index (χ4n) is 2.06. The Morgan fingerprint density at radius 1 is 1.18 bits per heavy atom. The van der Waals surface area contributed by atoms with Crippen LogP contribution in [0.2, 0.25) is 0 Å². The third kappa shape index (κ3) is 3.14. The summed E-state index contributed by atoms with van der Waals surface area (Å²) in [4.78, 5) is 28.5. The first-order valence-corrected chi connectivity index (χ1v) is 6.92. The summed E-state index contributed by atoms with van der Waals surface area (Å²) in [6, 6.07) is 6.23. The predicted octanol–water partition coefficient (Wildman–Crippen LogP) is 2.81. The van der Waals surface area contributed by atoms with Crippen molar-refractivity contribution in [1.29, 1.82) is 0 Å². The van der Waals surface area contributed by atoms with E-state index in [0.29, 0.717) is 5.69 Å². The number of rotatable bonds is 4. The summed E-state index contributed by atoms with van der Waals surface area (Å²) in [6.07, 6.45) is 1.39. The largest absolute Gasteiger partial charge is 0.507 e. The van der Waals surface area contributed by atoms with Crippen molar-refractivity contribution in [3.8, 4) is 5.75 Å². The van der Waals surface area contributed by atoms with Gasteiger partial charge in [0, 0.05) is 11.8 Å². The Balaban J connectivity index is 2.44. The van der Waals surface area contributed by atoms with Crippen LogP contribution in [-0.4, -0.2) is 28.4 Å². The molecule has 1 aromatic carbocycles. The highest BCUT2D eigenvalue weighted by Crippen LogP contribution is 2.22. The molecule has 0 amide bonds. The van der Waals surface area contributed by atoms with Crippen LogP contribution in [-0.2, 0) is 4.74 Å². The maximum atomic E-state index is 12.5. The Bertz CT molecular complexity index is 737. The van der Waals surface area contributed by atoms with E-state index in [9.17, 15) is 14.7 Å². The van der Waals surface area contributed by atoms with Gasteiger partial charge in [0.05, 0.1) is 23.4 Å². The summed E-state index contributed by atoms with van der Waals surface area (Å²) in [7, 11) is 0. The van der Waals surface area contributed by atoms with Crippen LogP contribution in [0.3, 0.4) is 0 Å². The molecular formula is C17H17NO4. The van der Waals surface area contributed by atoms with Crippen LogP contribution in [0.15, 0.2) is 30.5 Å². The fourth-order valence-corrected chi connectivity index (χ4v) is 2.06. The molecule has 22 heavy (non-hydrogen) atoms. The van der Waals surface area contributed by atoms with E-state index in [4.69, 9.17) is 4.74 Å². The molecule has 5 nitrogen and oxygen atoms in total. The highest BCUT2D eigenvalue weighted by molar-refractivity contribution is 6.11. The smallest absolute Gasteiger partial charge is 0.339 e. The first kappa shape index (κ1) is 15.7. The minimum Gasteiger partial charge on any atom is -0.507 e. The first-order chi connectivity index (χ1) is 10.4. The number of ketones is 1. The van der Waals surface area contributed by atoms with E-state index >= 15 is 0 Å². The van der Waals surface area contributed by atoms with Crippen molar-refractivity contribution in [2.45, 2.75) is 20.8 Å². The minimum absolute atomic E-state index is 0.103. The molecule has 2 aromatic rings. The second-order valence-corrected chi connectivity index (χ2v) is 4.93. The molecule has 0 saturated carbocycles. The van der Waals surface area contributed by atoms with Crippen molar-refractivity contribution in [3.05, 3.63) is 58.4 Å². The molecule has 0 aliphatic rings. The molecule has 1 heterocycles. The van der Waals surface area contributed by atoms with Gasteiger partial charge in [0.2, 0.25) is 0 Å². The van der Waals surface area contributed by atoms with Crippen LogP contribution >= 0.6 is 0 Å². The zero-order chi connectivity index (χ0) is 16.3. The summed E-state index contributed by atoms with van der Waals surface area (Å²) >= 11 is 0. The van der Waals surface area contributed by atoms with E-state index in [1.807, 2.05) is 6.92 Å². The molecule has 0 aliphatic heterocycles. The van der Waals surface area contributed by atoms with Crippen molar-refractivity contribution in [2.24, 2.45) is 0 Å². The molecule has 2 rings (SSSR count). The van der Waals surface area contributed by atoms with Crippen molar-refractivity contribution < 1.29 is 19.4 Å². The molecule has 0 radical (unpaired) electrons. The maximum absolute atomic E-state index is 12.5. The number of phenols is 1. The van der Waals surface area contributed by atoms with Gasteiger partial charge in [0.15, 0.2) is 5.78 Å². The summed E-state index contributed by atoms with van der Waals surface area (Å²) in [5, 5.41) is 9.85. The van der Waals surface area contributed by atoms with Crippen molar-refractivity contribution >= 4 is 11.8 Å². The van der Waals surface area contributed by atoms with Gasteiger partial charge in [-0.05, 0) is 39.0 Å². The molecular weight excluding hydrogens is 282 g/mol. The van der Waals surface area contributed by atoms with Gasteiger partial charge < -0.3 is 9.84 Å². The zero-order valence-electron chi connectivity index (χ0n) is 12.7. The van der Waals surface area contributed by atoms with E-state index in [2.05, 4.69) is 4.98 Å². The standard InChI is InChI=1S/C17H17NO4/c1-4-22-17(21)13-8-12(9-18-11(13)3)16(20)14-7-10(2)5-6-15(14)19/h5-9,19H,4H2,1-3H3. The Labute approximate surface area is 128 Å². The Kier molecular flexibility index (Phi) is 4.56. The SMILES string of the molecule is CCOC(=O)c1cc(C(=O)c2cc(C)ccc2O)cnc1C. The number of esters is 1. The van der Waals surface area contributed by atoms with Crippen molar-refractivity contribution in [2.75, 3.05) is 6.61 Å². The number of carbonyl (C=O) groups excluding carboxylic acids is 2. The molecule has 0 bridgehead atoms. The van der Waals surface area contributed by atoms with Crippen LogP contribution in [0, 0.1) is 13.8 Å². The Hall–Kier alpha value is -2.69.